The quantitative estimate of drug-likeness (QED) is 0.719. The summed E-state index contributed by atoms with van der Waals surface area (Å²) < 4.78 is 0. The van der Waals surface area contributed by atoms with Gasteiger partial charge in [0.25, 0.3) is 0 Å². The number of nitrogens with zero attached hydrogens (tertiary/aromatic N) is 1. The number of carbonyl (C=O) groups is 1. The minimum Gasteiger partial charge on any atom is -0.299 e. The van der Waals surface area contributed by atoms with Gasteiger partial charge < -0.3 is 0 Å². The summed E-state index contributed by atoms with van der Waals surface area (Å²) >= 11 is 1.56. The lowest BCUT2D eigenvalue weighted by Gasteiger charge is -1.99. The molecule has 0 aromatic carbocycles. The molecule has 2 nitrogen and oxygen atoms in total. The second-order valence-corrected chi connectivity index (χ2v) is 4.12. The third-order valence-electron chi connectivity index (χ3n) is 1.64. The minimum absolute atomic E-state index is 0.120. The van der Waals surface area contributed by atoms with Crippen LogP contribution in [0.2, 0.25) is 0 Å². The molecule has 0 unspecified atom stereocenters. The van der Waals surface area contributed by atoms with Crippen LogP contribution in [0.1, 0.15) is 24.5 Å². The Morgan fingerprint density at radius 1 is 1.67 bits per heavy atom. The Labute approximate surface area is 76.6 Å². The zero-order valence-electron chi connectivity index (χ0n) is 7.63. The van der Waals surface area contributed by atoms with E-state index in [2.05, 4.69) is 4.98 Å². The second kappa shape index (κ2) is 3.81. The Bertz CT molecular complexity index is 278. The van der Waals surface area contributed by atoms with Gasteiger partial charge in [-0.25, -0.2) is 4.98 Å². The molecule has 0 fully saturated rings. The van der Waals surface area contributed by atoms with Gasteiger partial charge in [0.05, 0.1) is 6.42 Å². The third kappa shape index (κ3) is 2.41. The second-order valence-electron chi connectivity index (χ2n) is 3.18. The van der Waals surface area contributed by atoms with Crippen molar-refractivity contribution in [3.05, 3.63) is 16.1 Å². The molecule has 1 rings (SSSR count). The average Bonchev–Trinajstić information content (AvgIpc) is 2.35. The SMILES string of the molecule is Cc1csc(CC(=O)C(C)C)n1. The van der Waals surface area contributed by atoms with Crippen LogP contribution < -0.4 is 0 Å². The highest BCUT2D eigenvalue weighted by Gasteiger charge is 2.09. The van der Waals surface area contributed by atoms with Crippen LogP contribution in [0.4, 0.5) is 0 Å². The monoisotopic (exact) mass is 183 g/mol. The molecule has 0 saturated heterocycles. The molecule has 0 spiro atoms. The van der Waals surface area contributed by atoms with E-state index in [4.69, 9.17) is 0 Å². The van der Waals surface area contributed by atoms with Gasteiger partial charge >= 0.3 is 0 Å². The lowest BCUT2D eigenvalue weighted by molar-refractivity contribution is -0.121. The maximum atomic E-state index is 11.3. The summed E-state index contributed by atoms with van der Waals surface area (Å²) in [6.45, 7) is 5.78. The van der Waals surface area contributed by atoms with E-state index in [9.17, 15) is 4.79 Å². The molecule has 1 aromatic heterocycles. The number of aryl methyl sites for hydroxylation is 1. The highest BCUT2D eigenvalue weighted by Crippen LogP contribution is 2.11. The molecule has 66 valence electrons. The Morgan fingerprint density at radius 3 is 2.75 bits per heavy atom. The summed E-state index contributed by atoms with van der Waals surface area (Å²) in [5.41, 5.74) is 1.01. The summed E-state index contributed by atoms with van der Waals surface area (Å²) in [5.74, 6) is 0.388. The number of thiazole rings is 1. The predicted molar refractivity (Wildman–Crippen MR) is 50.4 cm³/mol. The van der Waals surface area contributed by atoms with Crippen LogP contribution in [-0.2, 0) is 11.2 Å². The normalized spacial score (nSPS) is 10.7. The van der Waals surface area contributed by atoms with Gasteiger partial charge in [-0.15, -0.1) is 11.3 Å². The fourth-order valence-electron chi connectivity index (χ4n) is 0.837. The van der Waals surface area contributed by atoms with Crippen molar-refractivity contribution in [3.63, 3.8) is 0 Å². The Hall–Kier alpha value is -0.700. The molecule has 0 aliphatic rings. The molecular formula is C9H13NOS. The van der Waals surface area contributed by atoms with E-state index in [1.165, 1.54) is 0 Å². The molecule has 3 heteroatoms. The summed E-state index contributed by atoms with van der Waals surface area (Å²) in [4.78, 5) is 15.5. The first-order valence-corrected chi connectivity index (χ1v) is 4.91. The van der Waals surface area contributed by atoms with Crippen molar-refractivity contribution >= 4 is 17.1 Å². The summed E-state index contributed by atoms with van der Waals surface area (Å²) in [5, 5.41) is 2.91. The number of Topliss-reactive ketones (excluding diaryl/α,β-unsaturated/α-hetero) is 1. The zero-order valence-corrected chi connectivity index (χ0v) is 8.44. The molecule has 0 N–H and O–H groups in total. The highest BCUT2D eigenvalue weighted by atomic mass is 32.1. The number of ketones is 1. The van der Waals surface area contributed by atoms with Crippen molar-refractivity contribution in [1.82, 2.24) is 4.98 Å². The number of rotatable bonds is 3. The molecule has 12 heavy (non-hydrogen) atoms. The van der Waals surface area contributed by atoms with E-state index in [0.717, 1.165) is 10.7 Å². The van der Waals surface area contributed by atoms with Gasteiger partial charge in [0.2, 0.25) is 0 Å². The van der Waals surface area contributed by atoms with Gasteiger partial charge in [-0.3, -0.25) is 4.79 Å². The van der Waals surface area contributed by atoms with Crippen molar-refractivity contribution < 1.29 is 4.79 Å². The molecule has 0 aliphatic carbocycles. The van der Waals surface area contributed by atoms with Gasteiger partial charge in [-0.2, -0.15) is 0 Å². The average molecular weight is 183 g/mol. The molecule has 0 atom stereocenters. The largest absolute Gasteiger partial charge is 0.299 e. The van der Waals surface area contributed by atoms with E-state index < -0.39 is 0 Å². The van der Waals surface area contributed by atoms with Crippen LogP contribution in [-0.4, -0.2) is 10.8 Å². The maximum absolute atomic E-state index is 11.3. The molecular weight excluding hydrogens is 170 g/mol. The smallest absolute Gasteiger partial charge is 0.142 e. The standard InChI is InChI=1S/C9H13NOS/c1-6(2)8(11)4-9-10-7(3)5-12-9/h5-6H,4H2,1-3H3. The summed E-state index contributed by atoms with van der Waals surface area (Å²) in [6.07, 6.45) is 0.496. The van der Waals surface area contributed by atoms with E-state index in [0.29, 0.717) is 6.42 Å². The van der Waals surface area contributed by atoms with Crippen molar-refractivity contribution in [2.45, 2.75) is 27.2 Å². The van der Waals surface area contributed by atoms with Crippen molar-refractivity contribution in [2.75, 3.05) is 0 Å². The van der Waals surface area contributed by atoms with E-state index >= 15 is 0 Å². The highest BCUT2D eigenvalue weighted by molar-refractivity contribution is 7.09. The Kier molecular flexibility index (Phi) is 2.98. The lowest BCUT2D eigenvalue weighted by atomic mass is 10.1. The fourth-order valence-corrected chi connectivity index (χ4v) is 1.62. The molecule has 0 bridgehead atoms. The molecule has 0 radical (unpaired) electrons. The van der Waals surface area contributed by atoms with Gasteiger partial charge in [0, 0.05) is 17.0 Å². The van der Waals surface area contributed by atoms with Crippen LogP contribution in [0.15, 0.2) is 5.38 Å². The summed E-state index contributed by atoms with van der Waals surface area (Å²) in [7, 11) is 0. The number of carbonyl (C=O) groups excluding carboxylic acids is 1. The predicted octanol–water partition coefficient (Wildman–Crippen LogP) is 2.22. The third-order valence-corrected chi connectivity index (χ3v) is 2.60. The van der Waals surface area contributed by atoms with Crippen LogP contribution >= 0.6 is 11.3 Å². The van der Waals surface area contributed by atoms with E-state index in [1.54, 1.807) is 11.3 Å². The molecule has 0 saturated carbocycles. The van der Waals surface area contributed by atoms with Crippen molar-refractivity contribution in [3.8, 4) is 0 Å². The van der Waals surface area contributed by atoms with Crippen LogP contribution in [0.25, 0.3) is 0 Å². The molecule has 1 aromatic rings. The molecule has 0 amide bonds. The first-order chi connectivity index (χ1) is 5.59. The lowest BCUT2D eigenvalue weighted by Crippen LogP contribution is -2.09. The minimum atomic E-state index is 0.120. The first kappa shape index (κ1) is 9.39. The Morgan fingerprint density at radius 2 is 2.33 bits per heavy atom. The number of hydrogen-bond donors (Lipinski definition) is 0. The van der Waals surface area contributed by atoms with Crippen molar-refractivity contribution in [2.24, 2.45) is 5.92 Å². The van der Waals surface area contributed by atoms with Gasteiger partial charge in [-0.1, -0.05) is 13.8 Å². The van der Waals surface area contributed by atoms with Gasteiger partial charge in [0.15, 0.2) is 0 Å². The first-order valence-electron chi connectivity index (χ1n) is 4.03. The van der Waals surface area contributed by atoms with Crippen LogP contribution in [0, 0.1) is 12.8 Å². The van der Waals surface area contributed by atoms with Crippen LogP contribution in [0.5, 0.6) is 0 Å². The fraction of sp³-hybridized carbons (Fsp3) is 0.556. The molecule has 0 aliphatic heterocycles. The maximum Gasteiger partial charge on any atom is 0.142 e. The zero-order chi connectivity index (χ0) is 9.14. The molecule has 1 heterocycles. The van der Waals surface area contributed by atoms with E-state index in [1.807, 2.05) is 26.2 Å². The topological polar surface area (TPSA) is 30.0 Å². The van der Waals surface area contributed by atoms with E-state index in [-0.39, 0.29) is 11.7 Å². The number of aromatic nitrogens is 1. The van der Waals surface area contributed by atoms with Gasteiger partial charge in [-0.05, 0) is 6.92 Å². The van der Waals surface area contributed by atoms with Crippen LogP contribution in [0.3, 0.4) is 0 Å². The summed E-state index contributed by atoms with van der Waals surface area (Å²) in [6, 6.07) is 0. The van der Waals surface area contributed by atoms with Crippen molar-refractivity contribution in [1.29, 1.82) is 0 Å². The Balaban J connectivity index is 2.58. The van der Waals surface area contributed by atoms with Gasteiger partial charge in [0.1, 0.15) is 10.8 Å². The number of hydrogen-bond acceptors (Lipinski definition) is 3.